The summed E-state index contributed by atoms with van der Waals surface area (Å²) in [5.74, 6) is -0.841. The predicted octanol–water partition coefficient (Wildman–Crippen LogP) is 2.84. The molecule has 30 heavy (non-hydrogen) atoms. The molecule has 2 aromatic rings. The third kappa shape index (κ3) is 5.25. The molecule has 8 heteroatoms. The van der Waals surface area contributed by atoms with Crippen LogP contribution in [0.15, 0.2) is 30.3 Å². The van der Waals surface area contributed by atoms with Crippen molar-refractivity contribution in [2.45, 2.75) is 26.2 Å². The summed E-state index contributed by atoms with van der Waals surface area (Å²) in [6.07, 6.45) is 3.15. The number of methoxy groups -OCH3 is 1. The van der Waals surface area contributed by atoms with Crippen LogP contribution in [0.1, 0.15) is 44.0 Å². The van der Waals surface area contributed by atoms with Gasteiger partial charge in [-0.1, -0.05) is 30.3 Å². The molecule has 1 fully saturated rings. The second kappa shape index (κ2) is 9.86. The molecular weight excluding hydrogens is 402 g/mol. The highest BCUT2D eigenvalue weighted by Gasteiger charge is 2.26. The van der Waals surface area contributed by atoms with Gasteiger partial charge in [0, 0.05) is 0 Å². The molecular formula is C22H27N3O4S. The standard InChI is InChI=1S/C22H27N3O4S/c1-14-18(22(28)29-2)21(30-19(14)20(23)27)24-17(26)13-25-10-8-16(9-11-25)12-15-6-4-3-5-7-15/h3-7,16H,8-13H2,1-2H3,(H2,23,27)(H,24,26). The minimum atomic E-state index is -0.636. The number of primary amides is 1. The van der Waals surface area contributed by atoms with Crippen molar-refractivity contribution >= 4 is 34.1 Å². The van der Waals surface area contributed by atoms with E-state index >= 15 is 0 Å². The highest BCUT2D eigenvalue weighted by Crippen LogP contribution is 2.33. The van der Waals surface area contributed by atoms with Gasteiger partial charge in [0.2, 0.25) is 5.91 Å². The minimum Gasteiger partial charge on any atom is -0.465 e. The number of nitrogens with one attached hydrogen (secondary N) is 1. The van der Waals surface area contributed by atoms with Crippen LogP contribution in [0.3, 0.4) is 0 Å². The first kappa shape index (κ1) is 22.0. The Morgan fingerprint density at radius 2 is 1.87 bits per heavy atom. The van der Waals surface area contributed by atoms with Crippen molar-refractivity contribution in [1.29, 1.82) is 0 Å². The SMILES string of the molecule is COC(=O)c1c(NC(=O)CN2CCC(Cc3ccccc3)CC2)sc(C(N)=O)c1C. The highest BCUT2D eigenvalue weighted by atomic mass is 32.1. The number of nitrogens with two attached hydrogens (primary N) is 1. The fourth-order valence-electron chi connectivity index (χ4n) is 3.85. The Morgan fingerprint density at radius 3 is 2.47 bits per heavy atom. The van der Waals surface area contributed by atoms with Crippen molar-refractivity contribution in [1.82, 2.24) is 4.90 Å². The molecule has 0 spiro atoms. The van der Waals surface area contributed by atoms with Crippen molar-refractivity contribution < 1.29 is 19.1 Å². The van der Waals surface area contributed by atoms with Crippen LogP contribution in [0.2, 0.25) is 0 Å². The Labute approximate surface area is 180 Å². The summed E-state index contributed by atoms with van der Waals surface area (Å²) in [5, 5.41) is 3.07. The van der Waals surface area contributed by atoms with Crippen LogP contribution in [0.5, 0.6) is 0 Å². The van der Waals surface area contributed by atoms with Gasteiger partial charge in [0.25, 0.3) is 5.91 Å². The Morgan fingerprint density at radius 1 is 1.20 bits per heavy atom. The monoisotopic (exact) mass is 429 g/mol. The number of amides is 2. The van der Waals surface area contributed by atoms with Crippen LogP contribution in [0.4, 0.5) is 5.00 Å². The first-order chi connectivity index (χ1) is 14.4. The topological polar surface area (TPSA) is 102 Å². The summed E-state index contributed by atoms with van der Waals surface area (Å²) in [6, 6.07) is 10.5. The number of likely N-dealkylation sites (tertiary alicyclic amines) is 1. The van der Waals surface area contributed by atoms with Gasteiger partial charge in [0.15, 0.2) is 0 Å². The molecule has 0 saturated carbocycles. The van der Waals surface area contributed by atoms with Crippen molar-refractivity contribution in [3.05, 3.63) is 51.9 Å². The lowest BCUT2D eigenvalue weighted by Crippen LogP contribution is -2.39. The quantitative estimate of drug-likeness (QED) is 0.659. The summed E-state index contributed by atoms with van der Waals surface area (Å²) in [5.41, 5.74) is 7.35. The zero-order valence-corrected chi connectivity index (χ0v) is 18.1. The van der Waals surface area contributed by atoms with Gasteiger partial charge >= 0.3 is 5.97 Å². The number of piperidine rings is 1. The fourth-order valence-corrected chi connectivity index (χ4v) is 4.91. The van der Waals surface area contributed by atoms with Gasteiger partial charge in [-0.05, 0) is 56.3 Å². The Balaban J connectivity index is 1.57. The molecule has 7 nitrogen and oxygen atoms in total. The zero-order valence-electron chi connectivity index (χ0n) is 17.3. The largest absolute Gasteiger partial charge is 0.465 e. The maximum atomic E-state index is 12.6. The van der Waals surface area contributed by atoms with Crippen LogP contribution < -0.4 is 11.1 Å². The van der Waals surface area contributed by atoms with Crippen molar-refractivity contribution in [2.24, 2.45) is 11.7 Å². The number of anilines is 1. The van der Waals surface area contributed by atoms with Crippen molar-refractivity contribution in [2.75, 3.05) is 32.1 Å². The molecule has 3 N–H and O–H groups in total. The number of ether oxygens (including phenoxy) is 1. The third-order valence-electron chi connectivity index (χ3n) is 5.45. The van der Waals surface area contributed by atoms with E-state index in [9.17, 15) is 14.4 Å². The number of benzene rings is 1. The van der Waals surface area contributed by atoms with Gasteiger partial charge in [0.1, 0.15) is 5.00 Å². The van der Waals surface area contributed by atoms with Crippen molar-refractivity contribution in [3.63, 3.8) is 0 Å². The van der Waals surface area contributed by atoms with Gasteiger partial charge in [-0.3, -0.25) is 14.5 Å². The number of nitrogens with zero attached hydrogens (tertiary/aromatic N) is 1. The highest BCUT2D eigenvalue weighted by molar-refractivity contribution is 7.18. The number of carbonyl (C=O) groups excluding carboxylic acids is 3. The van der Waals surface area contributed by atoms with Crippen LogP contribution in [-0.2, 0) is 16.0 Å². The summed E-state index contributed by atoms with van der Waals surface area (Å²) in [7, 11) is 1.26. The number of rotatable bonds is 7. The lowest BCUT2D eigenvalue weighted by Gasteiger charge is -2.31. The van der Waals surface area contributed by atoms with Crippen molar-refractivity contribution in [3.8, 4) is 0 Å². The molecule has 0 unspecified atom stereocenters. The summed E-state index contributed by atoms with van der Waals surface area (Å²) in [4.78, 5) is 38.7. The number of hydrogen-bond acceptors (Lipinski definition) is 6. The van der Waals surface area contributed by atoms with Crippen LogP contribution in [-0.4, -0.2) is 49.4 Å². The second-order valence-corrected chi connectivity index (χ2v) is 8.59. The van der Waals surface area contributed by atoms with Gasteiger partial charge in [-0.15, -0.1) is 11.3 Å². The van der Waals surface area contributed by atoms with Gasteiger partial charge in [-0.2, -0.15) is 0 Å². The molecule has 0 radical (unpaired) electrons. The second-order valence-electron chi connectivity index (χ2n) is 7.57. The first-order valence-corrected chi connectivity index (χ1v) is 10.8. The predicted molar refractivity (Wildman–Crippen MR) is 117 cm³/mol. The van der Waals surface area contributed by atoms with E-state index in [1.807, 2.05) is 6.07 Å². The molecule has 0 aliphatic carbocycles. The van der Waals surface area contributed by atoms with Gasteiger partial charge in [0.05, 0.1) is 24.1 Å². The molecule has 1 aliphatic heterocycles. The van der Waals surface area contributed by atoms with Gasteiger partial charge < -0.3 is 15.8 Å². The molecule has 3 rings (SSSR count). The summed E-state index contributed by atoms with van der Waals surface area (Å²) in [6.45, 7) is 3.56. The molecule has 1 aromatic carbocycles. The minimum absolute atomic E-state index is 0.186. The number of carbonyl (C=O) groups is 3. The van der Waals surface area contributed by atoms with E-state index in [-0.39, 0.29) is 22.9 Å². The molecule has 2 heterocycles. The lowest BCUT2D eigenvalue weighted by molar-refractivity contribution is -0.117. The first-order valence-electron chi connectivity index (χ1n) is 9.96. The zero-order chi connectivity index (χ0) is 21.7. The molecule has 0 bridgehead atoms. The summed E-state index contributed by atoms with van der Waals surface area (Å²) < 4.78 is 4.80. The van der Waals surface area contributed by atoms with Crippen LogP contribution >= 0.6 is 11.3 Å². The molecule has 2 amide bonds. The van der Waals surface area contributed by atoms with E-state index in [1.54, 1.807) is 6.92 Å². The Bertz CT molecular complexity index is 918. The number of thiophene rings is 1. The third-order valence-corrected chi connectivity index (χ3v) is 6.68. The van der Waals surface area contributed by atoms with E-state index in [2.05, 4.69) is 34.5 Å². The normalized spacial score (nSPS) is 15.0. The van der Waals surface area contributed by atoms with E-state index in [1.165, 1.54) is 12.7 Å². The number of hydrogen-bond donors (Lipinski definition) is 2. The Kier molecular flexibility index (Phi) is 7.23. The average molecular weight is 430 g/mol. The maximum Gasteiger partial charge on any atom is 0.341 e. The van der Waals surface area contributed by atoms with Crippen LogP contribution in [0.25, 0.3) is 0 Å². The number of esters is 1. The lowest BCUT2D eigenvalue weighted by atomic mass is 9.90. The van der Waals surface area contributed by atoms with E-state index in [4.69, 9.17) is 10.5 Å². The Hall–Kier alpha value is -2.71. The summed E-state index contributed by atoms with van der Waals surface area (Å²) >= 11 is 1.00. The van der Waals surface area contributed by atoms with Gasteiger partial charge in [-0.25, -0.2) is 4.79 Å². The van der Waals surface area contributed by atoms with E-state index in [0.29, 0.717) is 16.5 Å². The molecule has 1 aliphatic rings. The van der Waals surface area contributed by atoms with E-state index in [0.717, 1.165) is 43.7 Å². The smallest absolute Gasteiger partial charge is 0.341 e. The van der Waals surface area contributed by atoms with E-state index < -0.39 is 11.9 Å². The molecule has 1 saturated heterocycles. The molecule has 0 atom stereocenters. The molecule has 1 aromatic heterocycles. The average Bonchev–Trinajstić information content (AvgIpc) is 3.05. The van der Waals surface area contributed by atoms with Crippen LogP contribution in [0, 0.1) is 12.8 Å². The maximum absolute atomic E-state index is 12.6. The molecule has 160 valence electrons. The fraction of sp³-hybridized carbons (Fsp3) is 0.409.